The molecular formula is C8H13NO. The Morgan fingerprint density at radius 2 is 2.50 bits per heavy atom. The van der Waals surface area contributed by atoms with Gasteiger partial charge in [0.15, 0.2) is 0 Å². The first-order chi connectivity index (χ1) is 4.74. The Kier molecular flexibility index (Phi) is 2.31. The van der Waals surface area contributed by atoms with Crippen LogP contribution in [-0.4, -0.2) is 18.8 Å². The van der Waals surface area contributed by atoms with Crippen molar-refractivity contribution >= 4 is 0 Å². The maximum absolute atomic E-state index is 5.62. The summed E-state index contributed by atoms with van der Waals surface area (Å²) in [5, 5.41) is 0. The lowest BCUT2D eigenvalue weighted by molar-refractivity contribution is 0.119. The molecule has 1 aliphatic heterocycles. The molecule has 0 spiro atoms. The van der Waals surface area contributed by atoms with Gasteiger partial charge in [0.25, 0.3) is 0 Å². The summed E-state index contributed by atoms with van der Waals surface area (Å²) >= 11 is 0. The highest BCUT2D eigenvalue weighted by atomic mass is 16.5. The fourth-order valence-corrected chi connectivity index (χ4v) is 1.24. The minimum Gasteiger partial charge on any atom is -0.378 e. The highest BCUT2D eigenvalue weighted by Gasteiger charge is 2.25. The lowest BCUT2D eigenvalue weighted by atomic mass is 9.99. The highest BCUT2D eigenvalue weighted by Crippen LogP contribution is 2.20. The van der Waals surface area contributed by atoms with E-state index in [1.165, 1.54) is 0 Å². The number of rotatable bonds is 1. The van der Waals surface area contributed by atoms with E-state index in [2.05, 4.69) is 5.92 Å². The van der Waals surface area contributed by atoms with Crippen LogP contribution in [0.1, 0.15) is 13.3 Å². The van der Waals surface area contributed by atoms with Gasteiger partial charge in [-0.25, -0.2) is 0 Å². The number of hydrogen-bond acceptors (Lipinski definition) is 2. The molecule has 1 heterocycles. The van der Waals surface area contributed by atoms with Crippen LogP contribution >= 0.6 is 0 Å². The van der Waals surface area contributed by atoms with Crippen molar-refractivity contribution < 1.29 is 4.74 Å². The van der Waals surface area contributed by atoms with E-state index in [9.17, 15) is 0 Å². The zero-order valence-corrected chi connectivity index (χ0v) is 6.21. The van der Waals surface area contributed by atoms with Crippen LogP contribution in [0.4, 0.5) is 0 Å². The minimum atomic E-state index is -0.120. The lowest BCUT2D eigenvalue weighted by Crippen LogP contribution is -2.28. The predicted molar refractivity (Wildman–Crippen MR) is 40.3 cm³/mol. The number of ether oxygens (including phenoxy) is 1. The van der Waals surface area contributed by atoms with Gasteiger partial charge in [0.05, 0.1) is 18.8 Å². The average molecular weight is 139 g/mol. The summed E-state index contributed by atoms with van der Waals surface area (Å²) < 4.78 is 5.31. The van der Waals surface area contributed by atoms with Crippen LogP contribution in [-0.2, 0) is 4.74 Å². The van der Waals surface area contributed by atoms with Crippen molar-refractivity contribution in [2.75, 3.05) is 6.61 Å². The molecule has 2 N–H and O–H groups in total. The van der Waals surface area contributed by atoms with Crippen molar-refractivity contribution in [2.45, 2.75) is 25.5 Å². The Labute approximate surface area is 61.7 Å². The zero-order valence-electron chi connectivity index (χ0n) is 6.21. The van der Waals surface area contributed by atoms with Crippen molar-refractivity contribution in [3.8, 4) is 12.3 Å². The van der Waals surface area contributed by atoms with Gasteiger partial charge in [-0.1, -0.05) is 5.92 Å². The molecule has 0 aromatic heterocycles. The molecule has 0 aliphatic carbocycles. The van der Waals surface area contributed by atoms with Gasteiger partial charge in [0.2, 0.25) is 0 Å². The topological polar surface area (TPSA) is 35.2 Å². The van der Waals surface area contributed by atoms with Crippen LogP contribution < -0.4 is 5.73 Å². The first kappa shape index (κ1) is 7.59. The van der Waals surface area contributed by atoms with Crippen LogP contribution in [0.25, 0.3) is 0 Å². The quantitative estimate of drug-likeness (QED) is 0.533. The Morgan fingerprint density at radius 1 is 1.80 bits per heavy atom. The summed E-state index contributed by atoms with van der Waals surface area (Å²) in [4.78, 5) is 0. The molecule has 3 atom stereocenters. The third-order valence-corrected chi connectivity index (χ3v) is 1.93. The van der Waals surface area contributed by atoms with Crippen molar-refractivity contribution in [1.82, 2.24) is 0 Å². The molecule has 0 saturated carbocycles. The smallest absolute Gasteiger partial charge is 0.0713 e. The van der Waals surface area contributed by atoms with Crippen LogP contribution in [0.5, 0.6) is 0 Å². The van der Waals surface area contributed by atoms with Gasteiger partial charge >= 0.3 is 0 Å². The maximum atomic E-state index is 5.62. The fraction of sp³-hybridized carbons (Fsp3) is 0.750. The first-order valence-electron chi connectivity index (χ1n) is 3.57. The summed E-state index contributed by atoms with van der Waals surface area (Å²) in [5.41, 5.74) is 5.62. The van der Waals surface area contributed by atoms with Gasteiger partial charge < -0.3 is 10.5 Å². The van der Waals surface area contributed by atoms with E-state index in [-0.39, 0.29) is 6.04 Å². The molecule has 0 bridgehead atoms. The molecule has 10 heavy (non-hydrogen) atoms. The van der Waals surface area contributed by atoms with Crippen molar-refractivity contribution in [3.63, 3.8) is 0 Å². The monoisotopic (exact) mass is 139 g/mol. The van der Waals surface area contributed by atoms with E-state index >= 15 is 0 Å². The van der Waals surface area contributed by atoms with Gasteiger partial charge in [-0.05, 0) is 13.3 Å². The van der Waals surface area contributed by atoms with E-state index in [4.69, 9.17) is 16.9 Å². The summed E-state index contributed by atoms with van der Waals surface area (Å²) in [7, 11) is 0. The zero-order chi connectivity index (χ0) is 7.56. The third kappa shape index (κ3) is 1.50. The van der Waals surface area contributed by atoms with E-state index in [1.54, 1.807) is 0 Å². The Balaban J connectivity index is 2.39. The molecule has 0 aromatic carbocycles. The van der Waals surface area contributed by atoms with Gasteiger partial charge in [0, 0.05) is 5.92 Å². The molecule has 56 valence electrons. The summed E-state index contributed by atoms with van der Waals surface area (Å²) in [6, 6.07) is -0.120. The van der Waals surface area contributed by atoms with Crippen LogP contribution in [0, 0.1) is 18.3 Å². The van der Waals surface area contributed by atoms with Crippen LogP contribution in [0.3, 0.4) is 0 Å². The molecule has 2 nitrogen and oxygen atoms in total. The lowest BCUT2D eigenvalue weighted by Gasteiger charge is -2.09. The normalized spacial score (nSPS) is 35.3. The summed E-state index contributed by atoms with van der Waals surface area (Å²) in [5.74, 6) is 2.90. The molecule has 1 fully saturated rings. The summed E-state index contributed by atoms with van der Waals surface area (Å²) in [6.07, 6.45) is 6.51. The van der Waals surface area contributed by atoms with E-state index in [0.717, 1.165) is 13.0 Å². The van der Waals surface area contributed by atoms with E-state index in [0.29, 0.717) is 12.0 Å². The second-order valence-corrected chi connectivity index (χ2v) is 2.83. The maximum Gasteiger partial charge on any atom is 0.0713 e. The second kappa shape index (κ2) is 3.05. The van der Waals surface area contributed by atoms with Gasteiger partial charge in [-0.3, -0.25) is 0 Å². The molecule has 0 amide bonds. The van der Waals surface area contributed by atoms with Gasteiger partial charge in [-0.2, -0.15) is 0 Å². The molecule has 0 aromatic rings. The fourth-order valence-electron chi connectivity index (χ4n) is 1.24. The van der Waals surface area contributed by atoms with Gasteiger partial charge in [-0.15, -0.1) is 6.42 Å². The predicted octanol–water partition coefficient (Wildman–Crippen LogP) is 0.372. The number of nitrogens with two attached hydrogens (primary N) is 1. The molecular weight excluding hydrogens is 126 g/mol. The van der Waals surface area contributed by atoms with Crippen LogP contribution in [0.2, 0.25) is 0 Å². The molecule has 1 rings (SSSR count). The largest absolute Gasteiger partial charge is 0.378 e. The minimum absolute atomic E-state index is 0.120. The number of terminal acetylenes is 1. The van der Waals surface area contributed by atoms with Crippen molar-refractivity contribution in [3.05, 3.63) is 0 Å². The Hall–Kier alpha value is -0.520. The van der Waals surface area contributed by atoms with Gasteiger partial charge in [0.1, 0.15) is 0 Å². The van der Waals surface area contributed by atoms with Crippen molar-refractivity contribution in [2.24, 2.45) is 11.7 Å². The molecule has 3 unspecified atom stereocenters. The molecule has 1 aliphatic rings. The van der Waals surface area contributed by atoms with E-state index < -0.39 is 0 Å². The Bertz CT molecular complexity index is 150. The van der Waals surface area contributed by atoms with E-state index in [1.807, 2.05) is 6.92 Å². The molecule has 2 heteroatoms. The third-order valence-electron chi connectivity index (χ3n) is 1.93. The summed E-state index contributed by atoms with van der Waals surface area (Å²) in [6.45, 7) is 2.77. The Morgan fingerprint density at radius 3 is 2.90 bits per heavy atom. The van der Waals surface area contributed by atoms with Crippen LogP contribution in [0.15, 0.2) is 0 Å². The first-order valence-corrected chi connectivity index (χ1v) is 3.57. The molecule has 0 radical (unpaired) electrons. The second-order valence-electron chi connectivity index (χ2n) is 2.83. The standard InChI is InChI=1S/C8H13NO/c1-3-8(9)7-4-6(2)10-5-7/h1,6-8H,4-5,9H2,2H3. The number of hydrogen-bond donors (Lipinski definition) is 1. The average Bonchev–Trinajstić information content (AvgIpc) is 2.34. The SMILES string of the molecule is C#CC(N)C1COC(C)C1. The van der Waals surface area contributed by atoms with Crippen molar-refractivity contribution in [1.29, 1.82) is 0 Å². The highest BCUT2D eigenvalue weighted by molar-refractivity contribution is 5.01. The molecule has 1 saturated heterocycles.